The Morgan fingerprint density at radius 3 is 3.08 bits per heavy atom. The largest absolute Gasteiger partial charge is 0.382 e. The van der Waals surface area contributed by atoms with Crippen LogP contribution in [-0.4, -0.2) is 43.5 Å². The van der Waals surface area contributed by atoms with Crippen molar-refractivity contribution in [3.8, 4) is 0 Å². The first kappa shape index (κ1) is 15.5. The molecule has 1 aliphatic heterocycles. The Hall–Kier alpha value is -2.02. The Bertz CT molecular complexity index is 853. The van der Waals surface area contributed by atoms with E-state index < -0.39 is 5.60 Å². The molecule has 2 aromatic heterocycles. The van der Waals surface area contributed by atoms with Crippen molar-refractivity contribution >= 4 is 22.5 Å². The zero-order valence-corrected chi connectivity index (χ0v) is 13.9. The summed E-state index contributed by atoms with van der Waals surface area (Å²) in [5.41, 5.74) is 1.67. The first-order valence-corrected chi connectivity index (χ1v) is 8.37. The summed E-state index contributed by atoms with van der Waals surface area (Å²) in [6.07, 6.45) is 4.98. The smallest absolute Gasteiger partial charge is 0.123 e. The molecular formula is C17H18ClN5O. The van der Waals surface area contributed by atoms with Crippen LogP contribution in [0, 0.1) is 0 Å². The van der Waals surface area contributed by atoms with E-state index in [1.165, 1.54) is 0 Å². The fraction of sp³-hybridized carbons (Fsp3) is 0.353. The molecule has 24 heavy (non-hydrogen) atoms. The number of pyridine rings is 1. The van der Waals surface area contributed by atoms with Gasteiger partial charge in [0.2, 0.25) is 0 Å². The van der Waals surface area contributed by atoms with E-state index >= 15 is 0 Å². The topological polar surface area (TPSA) is 77.9 Å². The summed E-state index contributed by atoms with van der Waals surface area (Å²) in [7, 11) is 0. The standard InChI is InChI=1S/C17H18ClN5O/c18-14-5-4-12(16-13(14)3-1-7-19-16)10-23-8-2-6-17(24,11-23)15-9-20-22-21-15/h1,3-5,7,9,24H,2,6,8,10-11H2,(H,20,21,22)/t17-/m1/s1. The van der Waals surface area contributed by atoms with Gasteiger partial charge in [-0.1, -0.05) is 17.7 Å². The second kappa shape index (κ2) is 6.12. The summed E-state index contributed by atoms with van der Waals surface area (Å²) in [5.74, 6) is 0. The zero-order chi connectivity index (χ0) is 16.6. The van der Waals surface area contributed by atoms with Gasteiger partial charge in [0, 0.05) is 29.7 Å². The monoisotopic (exact) mass is 343 g/mol. The van der Waals surface area contributed by atoms with Crippen LogP contribution in [0.2, 0.25) is 5.02 Å². The van der Waals surface area contributed by atoms with Crippen molar-refractivity contribution in [1.82, 2.24) is 25.3 Å². The number of benzene rings is 1. The number of β-amino-alcohol motifs (C(OH)–C–C–N with tert-alkyl or cyclic N) is 1. The highest BCUT2D eigenvalue weighted by Crippen LogP contribution is 2.32. The van der Waals surface area contributed by atoms with Crippen LogP contribution in [-0.2, 0) is 12.1 Å². The summed E-state index contributed by atoms with van der Waals surface area (Å²) < 4.78 is 0. The molecule has 0 saturated carbocycles. The minimum absolute atomic E-state index is 0.524. The van der Waals surface area contributed by atoms with Gasteiger partial charge in [-0.2, -0.15) is 15.4 Å². The molecule has 1 atom stereocenters. The van der Waals surface area contributed by atoms with Crippen LogP contribution in [0.5, 0.6) is 0 Å². The van der Waals surface area contributed by atoms with Gasteiger partial charge in [0.05, 0.1) is 11.7 Å². The van der Waals surface area contributed by atoms with Gasteiger partial charge in [-0.15, -0.1) is 0 Å². The number of nitrogens with zero attached hydrogens (tertiary/aromatic N) is 4. The van der Waals surface area contributed by atoms with Crippen molar-refractivity contribution in [3.63, 3.8) is 0 Å². The van der Waals surface area contributed by atoms with Crippen molar-refractivity contribution in [2.24, 2.45) is 0 Å². The number of hydrogen-bond acceptors (Lipinski definition) is 5. The quantitative estimate of drug-likeness (QED) is 0.764. The molecule has 1 aliphatic rings. The van der Waals surface area contributed by atoms with Crippen molar-refractivity contribution in [2.75, 3.05) is 13.1 Å². The molecule has 0 unspecified atom stereocenters. The van der Waals surface area contributed by atoms with E-state index in [-0.39, 0.29) is 0 Å². The van der Waals surface area contributed by atoms with Gasteiger partial charge in [0.15, 0.2) is 0 Å². The molecule has 0 spiro atoms. The number of halogens is 1. The first-order chi connectivity index (χ1) is 11.7. The highest BCUT2D eigenvalue weighted by Gasteiger charge is 2.37. The van der Waals surface area contributed by atoms with Crippen molar-refractivity contribution < 1.29 is 5.11 Å². The lowest BCUT2D eigenvalue weighted by Crippen LogP contribution is -2.45. The molecular weight excluding hydrogens is 326 g/mol. The molecule has 1 saturated heterocycles. The van der Waals surface area contributed by atoms with Gasteiger partial charge in [0.25, 0.3) is 0 Å². The van der Waals surface area contributed by atoms with Crippen LogP contribution in [0.3, 0.4) is 0 Å². The molecule has 124 valence electrons. The molecule has 7 heteroatoms. The average molecular weight is 344 g/mol. The highest BCUT2D eigenvalue weighted by atomic mass is 35.5. The Balaban J connectivity index is 1.61. The normalized spacial score (nSPS) is 22.1. The molecule has 6 nitrogen and oxygen atoms in total. The summed E-state index contributed by atoms with van der Waals surface area (Å²) in [6.45, 7) is 2.17. The molecule has 1 aromatic carbocycles. The summed E-state index contributed by atoms with van der Waals surface area (Å²) in [5, 5.41) is 23.1. The second-order valence-electron chi connectivity index (χ2n) is 6.31. The Morgan fingerprint density at radius 2 is 2.25 bits per heavy atom. The number of piperidine rings is 1. The van der Waals surface area contributed by atoms with E-state index in [4.69, 9.17) is 11.6 Å². The minimum atomic E-state index is -0.957. The number of H-pyrrole nitrogens is 1. The third-order valence-corrected chi connectivity index (χ3v) is 4.97. The van der Waals surface area contributed by atoms with Crippen LogP contribution in [0.4, 0.5) is 0 Å². The lowest BCUT2D eigenvalue weighted by Gasteiger charge is -2.38. The Kier molecular flexibility index (Phi) is 3.96. The molecule has 3 heterocycles. The fourth-order valence-electron chi connectivity index (χ4n) is 3.46. The third-order valence-electron chi connectivity index (χ3n) is 4.64. The maximum absolute atomic E-state index is 10.9. The van der Waals surface area contributed by atoms with E-state index in [0.29, 0.717) is 30.2 Å². The summed E-state index contributed by atoms with van der Waals surface area (Å²) in [6, 6.07) is 7.80. The van der Waals surface area contributed by atoms with Crippen molar-refractivity contribution in [3.05, 3.63) is 52.9 Å². The van der Waals surface area contributed by atoms with Gasteiger partial charge in [0.1, 0.15) is 11.3 Å². The van der Waals surface area contributed by atoms with Crippen LogP contribution in [0.15, 0.2) is 36.7 Å². The summed E-state index contributed by atoms with van der Waals surface area (Å²) >= 11 is 6.27. The van der Waals surface area contributed by atoms with Crippen LogP contribution >= 0.6 is 11.6 Å². The molecule has 0 amide bonds. The number of aromatic nitrogens is 4. The predicted molar refractivity (Wildman–Crippen MR) is 91.5 cm³/mol. The molecule has 0 radical (unpaired) electrons. The maximum atomic E-state index is 10.9. The number of aromatic amines is 1. The number of likely N-dealkylation sites (tertiary alicyclic amines) is 1. The highest BCUT2D eigenvalue weighted by molar-refractivity contribution is 6.35. The Labute approximate surface area is 144 Å². The molecule has 0 bridgehead atoms. The first-order valence-electron chi connectivity index (χ1n) is 7.99. The van der Waals surface area contributed by atoms with E-state index in [1.807, 2.05) is 24.3 Å². The van der Waals surface area contributed by atoms with Gasteiger partial charge in [-0.05, 0) is 43.1 Å². The lowest BCUT2D eigenvalue weighted by atomic mass is 9.89. The van der Waals surface area contributed by atoms with Crippen LogP contribution < -0.4 is 0 Å². The van der Waals surface area contributed by atoms with E-state index in [1.54, 1.807) is 12.4 Å². The predicted octanol–water partition coefficient (Wildman–Crippen LogP) is 2.49. The average Bonchev–Trinajstić information content (AvgIpc) is 3.13. The number of hydrogen-bond donors (Lipinski definition) is 2. The summed E-state index contributed by atoms with van der Waals surface area (Å²) in [4.78, 5) is 6.72. The molecule has 2 N–H and O–H groups in total. The lowest BCUT2D eigenvalue weighted by molar-refractivity contribution is -0.0413. The van der Waals surface area contributed by atoms with Crippen molar-refractivity contribution in [1.29, 1.82) is 0 Å². The van der Waals surface area contributed by atoms with E-state index in [0.717, 1.165) is 29.4 Å². The fourth-order valence-corrected chi connectivity index (χ4v) is 3.67. The Morgan fingerprint density at radius 1 is 1.33 bits per heavy atom. The van der Waals surface area contributed by atoms with E-state index in [2.05, 4.69) is 25.3 Å². The molecule has 4 rings (SSSR count). The van der Waals surface area contributed by atoms with Gasteiger partial charge in [-0.3, -0.25) is 9.88 Å². The van der Waals surface area contributed by atoms with E-state index in [9.17, 15) is 5.11 Å². The molecule has 1 fully saturated rings. The number of rotatable bonds is 3. The van der Waals surface area contributed by atoms with Crippen LogP contribution in [0.25, 0.3) is 10.9 Å². The minimum Gasteiger partial charge on any atom is -0.382 e. The number of aliphatic hydroxyl groups is 1. The van der Waals surface area contributed by atoms with Gasteiger partial charge >= 0.3 is 0 Å². The number of nitrogens with one attached hydrogen (secondary N) is 1. The number of fused-ring (bicyclic) bond motifs is 1. The van der Waals surface area contributed by atoms with Crippen LogP contribution in [0.1, 0.15) is 24.1 Å². The SMILES string of the molecule is O[C@]1(c2cn[nH]n2)CCCN(Cc2ccc(Cl)c3cccnc23)C1. The molecule has 3 aromatic rings. The zero-order valence-electron chi connectivity index (χ0n) is 13.1. The van der Waals surface area contributed by atoms with Crippen molar-refractivity contribution in [2.45, 2.75) is 25.0 Å². The van der Waals surface area contributed by atoms with Gasteiger partial charge in [-0.25, -0.2) is 0 Å². The van der Waals surface area contributed by atoms with Gasteiger partial charge < -0.3 is 5.11 Å². The molecule has 0 aliphatic carbocycles. The third kappa shape index (κ3) is 2.77. The maximum Gasteiger partial charge on any atom is 0.123 e. The second-order valence-corrected chi connectivity index (χ2v) is 6.71.